The van der Waals surface area contributed by atoms with Gasteiger partial charge in [-0.05, 0) is 99.3 Å². The molecule has 0 aromatic heterocycles. The van der Waals surface area contributed by atoms with Crippen LogP contribution >= 0.6 is 0 Å². The topological polar surface area (TPSA) is 66.8 Å². The second-order valence-corrected chi connectivity index (χ2v) is 12.3. The van der Waals surface area contributed by atoms with E-state index >= 15 is 4.39 Å². The molecule has 4 nitrogen and oxygen atoms in total. The summed E-state index contributed by atoms with van der Waals surface area (Å²) in [4.78, 5) is 12.9. The van der Waals surface area contributed by atoms with Gasteiger partial charge in [-0.2, -0.15) is 8.78 Å². The van der Waals surface area contributed by atoms with Crippen LogP contribution in [0.2, 0.25) is 0 Å². The summed E-state index contributed by atoms with van der Waals surface area (Å²) in [6.45, 7) is 1.77. The van der Waals surface area contributed by atoms with Gasteiger partial charge in [0.25, 0.3) is 0 Å². The number of phenols is 1. The fourth-order valence-corrected chi connectivity index (χ4v) is 7.07. The molecule has 1 atom stereocenters. The molecule has 0 spiro atoms. The smallest absolute Gasteiger partial charge is 0.314 e. The van der Waals surface area contributed by atoms with E-state index in [1.165, 1.54) is 12.1 Å². The Hall–Kier alpha value is -3.53. The van der Waals surface area contributed by atoms with E-state index in [9.17, 15) is 37.0 Å². The number of halogens is 6. The molecule has 2 aliphatic carbocycles. The lowest BCUT2D eigenvalue weighted by Gasteiger charge is -2.37. The summed E-state index contributed by atoms with van der Waals surface area (Å²) in [5.74, 6) is -9.94. The second kappa shape index (κ2) is 13.8. The van der Waals surface area contributed by atoms with Gasteiger partial charge in [-0.3, -0.25) is 4.79 Å². The maximum Gasteiger partial charge on any atom is 0.314 e. The number of carbonyl (C=O) groups is 1. The van der Waals surface area contributed by atoms with Crippen LogP contribution in [0.25, 0.3) is 11.1 Å². The van der Waals surface area contributed by atoms with E-state index < -0.39 is 75.5 Å². The third-order valence-corrected chi connectivity index (χ3v) is 9.66. The van der Waals surface area contributed by atoms with Crippen molar-refractivity contribution in [3.63, 3.8) is 0 Å². The first-order valence-corrected chi connectivity index (χ1v) is 15.5. The highest BCUT2D eigenvalue weighted by atomic mass is 19.2. The molecule has 3 aromatic carbocycles. The zero-order valence-electron chi connectivity index (χ0n) is 24.9. The van der Waals surface area contributed by atoms with E-state index in [0.717, 1.165) is 49.9 Å². The highest BCUT2D eigenvalue weighted by molar-refractivity contribution is 5.76. The average Bonchev–Trinajstić information content (AvgIpc) is 3.04. The Morgan fingerprint density at radius 2 is 1.31 bits per heavy atom. The zero-order chi connectivity index (χ0) is 32.4. The highest BCUT2D eigenvalue weighted by Crippen LogP contribution is 2.45. The molecule has 0 heterocycles. The van der Waals surface area contributed by atoms with Crippen LogP contribution in [-0.4, -0.2) is 16.2 Å². The van der Waals surface area contributed by atoms with Crippen molar-refractivity contribution in [2.24, 2.45) is 17.8 Å². The van der Waals surface area contributed by atoms with E-state index in [1.54, 1.807) is 6.92 Å². The Labute approximate surface area is 258 Å². The maximum atomic E-state index is 15.0. The molecule has 2 saturated carbocycles. The molecular formula is C35H36F6O4. The number of hydrogen-bond acceptors (Lipinski definition) is 4. The number of aromatic hydroxyl groups is 1. The number of ether oxygens (including phenoxy) is 1. The van der Waals surface area contributed by atoms with E-state index in [4.69, 9.17) is 4.74 Å². The molecule has 1 unspecified atom stereocenters. The predicted octanol–water partition coefficient (Wildman–Crippen LogP) is 9.41. The van der Waals surface area contributed by atoms with Gasteiger partial charge in [0.2, 0.25) is 11.6 Å². The minimum absolute atomic E-state index is 0.127. The second-order valence-electron chi connectivity index (χ2n) is 12.3. The Morgan fingerprint density at radius 3 is 1.93 bits per heavy atom. The summed E-state index contributed by atoms with van der Waals surface area (Å²) >= 11 is 0. The summed E-state index contributed by atoms with van der Waals surface area (Å²) < 4.78 is 92.9. The Morgan fingerprint density at radius 1 is 0.733 bits per heavy atom. The quantitative estimate of drug-likeness (QED) is 0.147. The van der Waals surface area contributed by atoms with Crippen molar-refractivity contribution in [1.29, 1.82) is 0 Å². The molecule has 2 N–H and O–H groups in total. The number of benzene rings is 3. The van der Waals surface area contributed by atoms with Gasteiger partial charge in [-0.15, -0.1) is 0 Å². The number of hydrogen-bond donors (Lipinski definition) is 2. The number of esters is 1. The summed E-state index contributed by atoms with van der Waals surface area (Å²) in [5, 5.41) is 19.4. The number of aliphatic hydroxyl groups is 1. The lowest BCUT2D eigenvalue weighted by molar-refractivity contribution is -0.140. The zero-order valence-corrected chi connectivity index (χ0v) is 24.9. The number of phenolic OH excluding ortho intramolecular Hbond substituents is 1. The third-order valence-electron chi connectivity index (χ3n) is 9.66. The first-order chi connectivity index (χ1) is 21.5. The monoisotopic (exact) mass is 634 g/mol. The van der Waals surface area contributed by atoms with Gasteiger partial charge < -0.3 is 14.9 Å². The van der Waals surface area contributed by atoms with Gasteiger partial charge in [-0.25, -0.2) is 17.6 Å². The molecule has 0 radical (unpaired) electrons. The van der Waals surface area contributed by atoms with Crippen LogP contribution in [0.5, 0.6) is 11.5 Å². The molecule has 3 aromatic rings. The van der Waals surface area contributed by atoms with E-state index in [-0.39, 0.29) is 23.5 Å². The Kier molecular flexibility index (Phi) is 10.1. The molecule has 0 bridgehead atoms. The molecule has 0 amide bonds. The molecule has 242 valence electrons. The predicted molar refractivity (Wildman–Crippen MR) is 155 cm³/mol. The van der Waals surface area contributed by atoms with E-state index in [2.05, 4.69) is 0 Å². The number of aliphatic hydroxyl groups excluding tert-OH is 1. The van der Waals surface area contributed by atoms with Crippen LogP contribution in [0.15, 0.2) is 36.4 Å². The maximum absolute atomic E-state index is 15.0. The molecular weight excluding hydrogens is 598 g/mol. The van der Waals surface area contributed by atoms with Crippen LogP contribution in [0.1, 0.15) is 94.3 Å². The molecule has 45 heavy (non-hydrogen) atoms. The van der Waals surface area contributed by atoms with Crippen molar-refractivity contribution >= 4 is 5.97 Å². The molecule has 0 aliphatic heterocycles. The van der Waals surface area contributed by atoms with Crippen LogP contribution in [0, 0.1) is 52.7 Å². The minimum Gasteiger partial charge on any atom is -0.505 e. The molecule has 2 fully saturated rings. The van der Waals surface area contributed by atoms with Crippen LogP contribution in [0.4, 0.5) is 26.3 Å². The largest absolute Gasteiger partial charge is 0.505 e. The number of carbonyl (C=O) groups excluding carboxylic acids is 1. The van der Waals surface area contributed by atoms with Gasteiger partial charge in [-0.1, -0.05) is 31.5 Å². The van der Waals surface area contributed by atoms with Gasteiger partial charge in [0, 0.05) is 16.7 Å². The van der Waals surface area contributed by atoms with Crippen molar-refractivity contribution in [2.75, 3.05) is 0 Å². The summed E-state index contributed by atoms with van der Waals surface area (Å²) in [7, 11) is 0. The summed E-state index contributed by atoms with van der Waals surface area (Å²) in [5.41, 5.74) is -1.06. The van der Waals surface area contributed by atoms with Gasteiger partial charge >= 0.3 is 5.97 Å². The van der Waals surface area contributed by atoms with Crippen molar-refractivity contribution < 1.29 is 46.1 Å². The Bertz CT molecular complexity index is 1540. The van der Waals surface area contributed by atoms with Crippen molar-refractivity contribution in [2.45, 2.75) is 83.2 Å². The Balaban J connectivity index is 1.17. The van der Waals surface area contributed by atoms with Gasteiger partial charge in [0.15, 0.2) is 34.8 Å². The fourth-order valence-electron chi connectivity index (χ4n) is 7.07. The third kappa shape index (κ3) is 6.71. The van der Waals surface area contributed by atoms with Crippen molar-refractivity contribution in [3.05, 3.63) is 82.4 Å². The van der Waals surface area contributed by atoms with Crippen LogP contribution < -0.4 is 4.74 Å². The van der Waals surface area contributed by atoms with E-state index in [1.807, 2.05) is 0 Å². The van der Waals surface area contributed by atoms with E-state index in [0.29, 0.717) is 43.9 Å². The van der Waals surface area contributed by atoms with Crippen LogP contribution in [0.3, 0.4) is 0 Å². The number of rotatable bonds is 8. The highest BCUT2D eigenvalue weighted by Gasteiger charge is 2.35. The summed E-state index contributed by atoms with van der Waals surface area (Å²) in [6.07, 6.45) is 5.02. The SMILES string of the molecule is CCCC(O)c1ccc(-c2ccc(OC(=O)C3CCC(C4CCC(c5ccc(O)c(F)c5F)CC4)CC3)c(F)c2F)c(F)c1F. The van der Waals surface area contributed by atoms with Gasteiger partial charge in [0.1, 0.15) is 0 Å². The normalized spacial score (nSPS) is 22.7. The lowest BCUT2D eigenvalue weighted by atomic mass is 9.68. The van der Waals surface area contributed by atoms with Gasteiger partial charge in [0.05, 0.1) is 12.0 Å². The fraction of sp³-hybridized carbons (Fsp3) is 0.457. The summed E-state index contributed by atoms with van der Waals surface area (Å²) in [6, 6.07) is 6.86. The molecule has 0 saturated heterocycles. The first kappa shape index (κ1) is 32.9. The van der Waals surface area contributed by atoms with Crippen molar-refractivity contribution in [3.8, 4) is 22.6 Å². The first-order valence-electron chi connectivity index (χ1n) is 15.5. The standard InChI is InChI=1S/C35H36F6O4/c1-2-3-26(42)25-13-12-23(30(37)32(25)39)24-15-17-28(34(41)31(24)38)45-35(44)21-10-6-19(7-11-21)18-4-8-20(9-5-18)22-14-16-27(43)33(40)29(22)36/h12-21,26,42-43H,2-11H2,1H3. The molecule has 5 rings (SSSR count). The lowest BCUT2D eigenvalue weighted by Crippen LogP contribution is -2.30. The van der Waals surface area contributed by atoms with Crippen LogP contribution in [-0.2, 0) is 4.79 Å². The molecule has 2 aliphatic rings. The van der Waals surface area contributed by atoms with Crippen molar-refractivity contribution in [1.82, 2.24) is 0 Å². The average molecular weight is 635 g/mol. The minimum atomic E-state index is -1.49. The molecule has 10 heteroatoms.